The fraction of sp³-hybridized carbons (Fsp3) is 0.750. The number of ether oxygens (including phenoxy) is 4. The molecule has 3 fully saturated rings. The average molecular weight is 485 g/mol. The van der Waals surface area contributed by atoms with Gasteiger partial charge < -0.3 is 18.9 Å². The topological polar surface area (TPSA) is 88.1 Å². The fourth-order valence-electron chi connectivity index (χ4n) is 8.87. The lowest BCUT2D eigenvalue weighted by molar-refractivity contribution is -0.158. The summed E-state index contributed by atoms with van der Waals surface area (Å²) in [5.41, 5.74) is 1.63. The van der Waals surface area contributed by atoms with Crippen LogP contribution in [0.15, 0.2) is 23.0 Å². The number of hydrogen-bond donors (Lipinski definition) is 0. The van der Waals surface area contributed by atoms with E-state index in [0.29, 0.717) is 5.57 Å². The summed E-state index contributed by atoms with van der Waals surface area (Å²) in [4.78, 5) is 37.7. The maximum absolute atomic E-state index is 13.5. The van der Waals surface area contributed by atoms with E-state index in [1.54, 1.807) is 0 Å². The highest BCUT2D eigenvalue weighted by atomic mass is 16.6. The van der Waals surface area contributed by atoms with Gasteiger partial charge in [0.15, 0.2) is 0 Å². The van der Waals surface area contributed by atoms with Crippen molar-refractivity contribution in [2.75, 3.05) is 0 Å². The van der Waals surface area contributed by atoms with Gasteiger partial charge in [0.25, 0.3) is 0 Å². The number of fused-ring (bicyclic) bond motifs is 9. The van der Waals surface area contributed by atoms with Crippen molar-refractivity contribution >= 4 is 17.9 Å². The Morgan fingerprint density at radius 1 is 1.09 bits per heavy atom. The first-order valence-corrected chi connectivity index (χ1v) is 13.2. The second-order valence-electron chi connectivity index (χ2n) is 12.1. The molecule has 0 aromatic carbocycles. The largest absolute Gasteiger partial charge is 0.491 e. The lowest BCUT2D eigenvalue weighted by Gasteiger charge is -2.48. The zero-order chi connectivity index (χ0) is 25.0. The van der Waals surface area contributed by atoms with Crippen LogP contribution in [0.5, 0.6) is 0 Å². The molecule has 190 valence electrons. The summed E-state index contributed by atoms with van der Waals surface area (Å²) in [6.45, 7) is 11.4. The summed E-state index contributed by atoms with van der Waals surface area (Å²) in [6.07, 6.45) is 3.96. The Morgan fingerprint density at radius 3 is 2.46 bits per heavy atom. The Balaban J connectivity index is 1.51. The number of esters is 3. The first-order valence-electron chi connectivity index (χ1n) is 13.2. The minimum atomic E-state index is -0.384. The lowest BCUT2D eigenvalue weighted by atomic mass is 9.63. The molecule has 3 aliphatic carbocycles. The molecule has 6 aliphatic rings. The Hall–Kier alpha value is -2.31. The van der Waals surface area contributed by atoms with E-state index in [1.165, 1.54) is 19.4 Å². The van der Waals surface area contributed by atoms with Gasteiger partial charge in [-0.15, -0.1) is 0 Å². The molecule has 3 heterocycles. The summed E-state index contributed by atoms with van der Waals surface area (Å²) >= 11 is 0. The maximum atomic E-state index is 13.5. The molecule has 2 saturated carbocycles. The minimum Gasteiger partial charge on any atom is -0.491 e. The smallest absolute Gasteiger partial charge is 0.338 e. The van der Waals surface area contributed by atoms with Gasteiger partial charge in [-0.1, -0.05) is 25.5 Å². The van der Waals surface area contributed by atoms with Crippen molar-refractivity contribution in [2.45, 2.75) is 84.7 Å². The van der Waals surface area contributed by atoms with Crippen LogP contribution in [-0.4, -0.2) is 41.8 Å². The van der Waals surface area contributed by atoms with Gasteiger partial charge in [-0.3, -0.25) is 9.59 Å². The maximum Gasteiger partial charge on any atom is 0.338 e. The number of rotatable bonds is 2. The SMILES string of the molecule is CC(=O)O[C@@H]1[C@@H](C)[C@H](OC(C)=O)[C@@H]2[C@@H]1C=C(C)[C@H]1C[C@H]3[C@H](C4=C5O[C@@]3(C)CC[C@@H](OC4=O)[C@H]5C)[C@@H]21. The Kier molecular flexibility index (Phi) is 5.01. The number of carbonyl (C=O) groups is 3. The van der Waals surface area contributed by atoms with Gasteiger partial charge in [0.05, 0.1) is 11.5 Å². The first-order chi connectivity index (χ1) is 16.5. The van der Waals surface area contributed by atoms with Crippen molar-refractivity contribution in [3.63, 3.8) is 0 Å². The van der Waals surface area contributed by atoms with Crippen LogP contribution < -0.4 is 0 Å². The monoisotopic (exact) mass is 484 g/mol. The molecule has 0 unspecified atom stereocenters. The van der Waals surface area contributed by atoms with Gasteiger partial charge >= 0.3 is 17.9 Å². The fourth-order valence-corrected chi connectivity index (χ4v) is 8.87. The van der Waals surface area contributed by atoms with E-state index in [-0.39, 0.29) is 89.2 Å². The molecular weight excluding hydrogens is 448 g/mol. The van der Waals surface area contributed by atoms with Crippen LogP contribution in [0.2, 0.25) is 0 Å². The molecule has 7 nitrogen and oxygen atoms in total. The molecule has 35 heavy (non-hydrogen) atoms. The Labute approximate surface area is 206 Å². The average Bonchev–Trinajstić information content (AvgIpc) is 3.27. The number of carbonyl (C=O) groups excluding carboxylic acids is 3. The highest BCUT2D eigenvalue weighted by molar-refractivity contribution is 5.91. The van der Waals surface area contributed by atoms with Crippen molar-refractivity contribution in [1.29, 1.82) is 0 Å². The van der Waals surface area contributed by atoms with Gasteiger partial charge in [0, 0.05) is 43.4 Å². The van der Waals surface area contributed by atoms with Crippen molar-refractivity contribution in [3.8, 4) is 0 Å². The summed E-state index contributed by atoms with van der Waals surface area (Å²) in [5, 5.41) is 0. The second-order valence-corrected chi connectivity index (χ2v) is 12.1. The van der Waals surface area contributed by atoms with Gasteiger partial charge in [-0.05, 0) is 44.9 Å². The van der Waals surface area contributed by atoms with Crippen molar-refractivity contribution < 1.29 is 33.3 Å². The lowest BCUT2D eigenvalue weighted by Crippen LogP contribution is -2.49. The van der Waals surface area contributed by atoms with Gasteiger partial charge in [-0.25, -0.2) is 4.79 Å². The van der Waals surface area contributed by atoms with Crippen molar-refractivity contribution in [2.24, 2.45) is 47.3 Å². The van der Waals surface area contributed by atoms with Crippen molar-refractivity contribution in [3.05, 3.63) is 23.0 Å². The quantitative estimate of drug-likeness (QED) is 0.333. The molecule has 0 aromatic heterocycles. The zero-order valence-electron chi connectivity index (χ0n) is 21.4. The summed E-state index contributed by atoms with van der Waals surface area (Å²) in [6, 6.07) is 0. The molecule has 0 radical (unpaired) electrons. The molecule has 3 bridgehead atoms. The van der Waals surface area contributed by atoms with Crippen LogP contribution in [0.1, 0.15) is 60.8 Å². The highest BCUT2D eigenvalue weighted by Crippen LogP contribution is 2.66. The van der Waals surface area contributed by atoms with Crippen LogP contribution in [0.3, 0.4) is 0 Å². The van der Waals surface area contributed by atoms with Crippen LogP contribution in [0.4, 0.5) is 0 Å². The van der Waals surface area contributed by atoms with Gasteiger partial charge in [0.1, 0.15) is 29.7 Å². The predicted molar refractivity (Wildman–Crippen MR) is 124 cm³/mol. The molecule has 0 spiro atoms. The molecule has 0 amide bonds. The highest BCUT2D eigenvalue weighted by Gasteiger charge is 2.67. The van der Waals surface area contributed by atoms with Crippen LogP contribution in [0, 0.1) is 47.3 Å². The molecule has 3 aliphatic heterocycles. The van der Waals surface area contributed by atoms with Crippen LogP contribution in [-0.2, 0) is 33.3 Å². The van der Waals surface area contributed by atoms with E-state index in [9.17, 15) is 14.4 Å². The van der Waals surface area contributed by atoms with Gasteiger partial charge in [0.2, 0.25) is 0 Å². The summed E-state index contributed by atoms with van der Waals surface area (Å²) < 4.78 is 24.5. The summed E-state index contributed by atoms with van der Waals surface area (Å²) in [5.74, 6) is 0.213. The van der Waals surface area contributed by atoms with Crippen molar-refractivity contribution in [1.82, 2.24) is 0 Å². The normalized spacial score (nSPS) is 49.1. The third-order valence-corrected chi connectivity index (χ3v) is 10.3. The third-order valence-electron chi connectivity index (χ3n) is 10.3. The number of hydrogen-bond acceptors (Lipinski definition) is 7. The molecule has 0 N–H and O–H groups in total. The minimum absolute atomic E-state index is 0.0276. The number of allylic oxidation sites excluding steroid dienone is 1. The first kappa shape index (κ1) is 23.1. The van der Waals surface area contributed by atoms with Crippen LogP contribution >= 0.6 is 0 Å². The summed E-state index contributed by atoms with van der Waals surface area (Å²) in [7, 11) is 0. The van der Waals surface area contributed by atoms with E-state index in [0.717, 1.165) is 25.0 Å². The third kappa shape index (κ3) is 3.12. The van der Waals surface area contributed by atoms with E-state index in [2.05, 4.69) is 26.8 Å². The second kappa shape index (κ2) is 7.59. The Bertz CT molecular complexity index is 1060. The molecule has 0 aromatic rings. The van der Waals surface area contributed by atoms with E-state index in [1.807, 2.05) is 6.92 Å². The Morgan fingerprint density at radius 2 is 1.77 bits per heavy atom. The molecule has 1 saturated heterocycles. The standard InChI is InChI=1S/C28H36O7/c1-11-9-17-21(25(33-15(5)30)13(3)24(17)32-14(4)29)20-16(11)10-18-22(20)23-26-12(2)19(34-27(23)31)7-8-28(18,6)35-26/h9,12-13,16-22,24-25H,7-8,10H2,1-6H3/t12-,13-,16-,17+,18+,19-,20-,21-,22+,24-,25+,28+/m1/s1. The predicted octanol–water partition coefficient (Wildman–Crippen LogP) is 3.96. The van der Waals surface area contributed by atoms with E-state index >= 15 is 0 Å². The zero-order valence-corrected chi connectivity index (χ0v) is 21.4. The molecule has 6 rings (SSSR count). The molecule has 7 heteroatoms. The molecule has 12 atom stereocenters. The van der Waals surface area contributed by atoms with Gasteiger partial charge in [-0.2, -0.15) is 0 Å². The van der Waals surface area contributed by atoms with Crippen LogP contribution in [0.25, 0.3) is 0 Å². The molecular formula is C28H36O7. The van der Waals surface area contributed by atoms with E-state index in [4.69, 9.17) is 18.9 Å². The van der Waals surface area contributed by atoms with E-state index < -0.39 is 0 Å².